The minimum absolute atomic E-state index is 0.149. The second kappa shape index (κ2) is 13.8. The lowest BCUT2D eigenvalue weighted by Gasteiger charge is -2.41. The fraction of sp³-hybridized carbons (Fsp3) is 0.448. The molecule has 0 amide bonds. The van der Waals surface area contributed by atoms with Crippen LogP contribution < -0.4 is 20.1 Å². The maximum Gasteiger partial charge on any atom is 0.229 e. The number of hydrogen-bond donors (Lipinski definition) is 4. The van der Waals surface area contributed by atoms with Crippen LogP contribution in [0.5, 0.6) is 5.75 Å². The molecule has 0 radical (unpaired) electrons. The molecule has 0 unspecified atom stereocenters. The van der Waals surface area contributed by atoms with E-state index in [-0.39, 0.29) is 6.54 Å². The SMILES string of the molecule is COc1cc(C2CCN(C3CCN(C)CC3)CC2)ccc1Nc1ncc(Cl)c(Nc2ccccc2CN[SH](=O)=O)n1. The summed E-state index contributed by atoms with van der Waals surface area (Å²) in [6.07, 6.45) is 6.37. The number of halogens is 1. The van der Waals surface area contributed by atoms with Crippen molar-refractivity contribution in [2.45, 2.75) is 44.2 Å². The zero-order valence-corrected chi connectivity index (χ0v) is 25.1. The largest absolute Gasteiger partial charge is 0.495 e. The van der Waals surface area contributed by atoms with Crippen LogP contribution in [0.25, 0.3) is 0 Å². The topological polar surface area (TPSA) is 112 Å². The predicted octanol–water partition coefficient (Wildman–Crippen LogP) is 4.52. The predicted molar refractivity (Wildman–Crippen MR) is 164 cm³/mol. The van der Waals surface area contributed by atoms with Gasteiger partial charge in [0.1, 0.15) is 10.8 Å². The number of rotatable bonds is 10. The number of benzene rings is 2. The maximum atomic E-state index is 11.0. The third-order valence-electron chi connectivity index (χ3n) is 8.09. The van der Waals surface area contributed by atoms with Crippen LogP contribution in [-0.4, -0.2) is 74.6 Å². The van der Waals surface area contributed by atoms with Gasteiger partial charge in [-0.2, -0.15) is 4.98 Å². The Balaban J connectivity index is 1.25. The number of para-hydroxylation sites is 1. The summed E-state index contributed by atoms with van der Waals surface area (Å²) in [4.78, 5) is 14.1. The molecule has 0 aliphatic carbocycles. The number of aromatic nitrogens is 2. The summed E-state index contributed by atoms with van der Waals surface area (Å²) in [5, 5.41) is 6.80. The minimum Gasteiger partial charge on any atom is -0.495 e. The highest BCUT2D eigenvalue weighted by Gasteiger charge is 2.28. The number of thiol groups is 1. The minimum atomic E-state index is -2.71. The van der Waals surface area contributed by atoms with Crippen molar-refractivity contribution < 1.29 is 13.2 Å². The molecule has 0 atom stereocenters. The van der Waals surface area contributed by atoms with Gasteiger partial charge in [0.2, 0.25) is 16.8 Å². The molecule has 3 N–H and O–H groups in total. The Bertz CT molecular complexity index is 1400. The number of nitrogens with zero attached hydrogens (tertiary/aromatic N) is 4. The van der Waals surface area contributed by atoms with Crippen molar-refractivity contribution in [3.05, 3.63) is 64.8 Å². The Kier molecular flexibility index (Phi) is 9.94. The highest BCUT2D eigenvalue weighted by Crippen LogP contribution is 2.36. The number of piperidine rings is 2. The molecule has 220 valence electrons. The van der Waals surface area contributed by atoms with Crippen molar-refractivity contribution in [3.63, 3.8) is 0 Å². The molecular weight excluding hydrogens is 562 g/mol. The van der Waals surface area contributed by atoms with E-state index in [1.165, 1.54) is 37.7 Å². The molecule has 0 saturated carbocycles. The van der Waals surface area contributed by atoms with E-state index in [1.54, 1.807) is 7.11 Å². The number of likely N-dealkylation sites (tertiary alicyclic amines) is 2. The van der Waals surface area contributed by atoms with Crippen LogP contribution in [0, 0.1) is 0 Å². The standard InChI is InChI=1S/C29H38ClN7O3S/c1-36-13-11-23(12-14-36)37-15-9-20(10-16-37)21-7-8-26(27(17-21)40-2)34-29-31-19-24(30)28(35-29)33-25-6-4-3-5-22(25)18-32-41(38)39/h3-8,17,19-20,23,41H,9-16,18H2,1-2H3,(H,32,38,39)(H2,31,33,34,35). The molecule has 3 aromatic rings. The van der Waals surface area contributed by atoms with Crippen LogP contribution in [0.1, 0.15) is 42.7 Å². The van der Waals surface area contributed by atoms with E-state index < -0.39 is 10.9 Å². The lowest BCUT2D eigenvalue weighted by Crippen LogP contribution is -2.46. The van der Waals surface area contributed by atoms with E-state index in [9.17, 15) is 8.42 Å². The average Bonchev–Trinajstić information content (AvgIpc) is 2.99. The Labute approximate surface area is 248 Å². The first-order chi connectivity index (χ1) is 19.9. The van der Waals surface area contributed by atoms with Gasteiger partial charge in [-0.15, -0.1) is 0 Å². The summed E-state index contributed by atoms with van der Waals surface area (Å²) in [6, 6.07) is 14.4. The van der Waals surface area contributed by atoms with Gasteiger partial charge in [-0.25, -0.2) is 18.1 Å². The van der Waals surface area contributed by atoms with Gasteiger partial charge in [-0.1, -0.05) is 35.9 Å². The van der Waals surface area contributed by atoms with Crippen molar-refractivity contribution in [3.8, 4) is 5.75 Å². The summed E-state index contributed by atoms with van der Waals surface area (Å²) >= 11 is 6.40. The van der Waals surface area contributed by atoms with Gasteiger partial charge in [0.05, 0.1) is 19.0 Å². The van der Waals surface area contributed by atoms with Crippen molar-refractivity contribution >= 4 is 45.6 Å². The molecule has 41 heavy (non-hydrogen) atoms. The summed E-state index contributed by atoms with van der Waals surface area (Å²) in [5.74, 6) is 2.00. The van der Waals surface area contributed by atoms with Crippen molar-refractivity contribution in [2.24, 2.45) is 0 Å². The van der Waals surface area contributed by atoms with E-state index in [0.29, 0.717) is 28.4 Å². The molecule has 1 aromatic heterocycles. The van der Waals surface area contributed by atoms with E-state index in [2.05, 4.69) is 54.3 Å². The molecule has 2 fully saturated rings. The normalized spacial score (nSPS) is 17.6. The van der Waals surface area contributed by atoms with Gasteiger partial charge < -0.3 is 25.2 Å². The van der Waals surface area contributed by atoms with Crippen molar-refractivity contribution in [1.29, 1.82) is 0 Å². The van der Waals surface area contributed by atoms with Crippen LogP contribution in [0.2, 0.25) is 5.02 Å². The van der Waals surface area contributed by atoms with Gasteiger partial charge in [-0.3, -0.25) is 0 Å². The third kappa shape index (κ3) is 7.66. The van der Waals surface area contributed by atoms with E-state index >= 15 is 0 Å². The molecule has 0 spiro atoms. The first-order valence-electron chi connectivity index (χ1n) is 14.0. The summed E-state index contributed by atoms with van der Waals surface area (Å²) < 4.78 is 30.2. The summed E-state index contributed by atoms with van der Waals surface area (Å²) in [5.41, 5.74) is 3.49. The second-order valence-electron chi connectivity index (χ2n) is 10.7. The van der Waals surface area contributed by atoms with Crippen molar-refractivity contribution in [1.82, 2.24) is 24.5 Å². The van der Waals surface area contributed by atoms with Gasteiger partial charge in [0, 0.05) is 18.3 Å². The van der Waals surface area contributed by atoms with Gasteiger partial charge >= 0.3 is 0 Å². The third-order valence-corrected chi connectivity index (χ3v) is 8.78. The molecule has 10 nitrogen and oxygen atoms in total. The van der Waals surface area contributed by atoms with Crippen LogP contribution in [-0.2, 0) is 17.4 Å². The van der Waals surface area contributed by atoms with E-state index in [0.717, 1.165) is 49.0 Å². The molecule has 0 bridgehead atoms. The van der Waals surface area contributed by atoms with E-state index in [1.807, 2.05) is 30.3 Å². The van der Waals surface area contributed by atoms with Gasteiger partial charge in [-0.05, 0) is 94.2 Å². The summed E-state index contributed by atoms with van der Waals surface area (Å²) in [7, 11) is 1.18. The molecule has 2 aromatic carbocycles. The van der Waals surface area contributed by atoms with Crippen LogP contribution in [0.3, 0.4) is 0 Å². The quantitative estimate of drug-likeness (QED) is 0.250. The molecule has 2 saturated heterocycles. The molecular formula is C29H38ClN7O3S. The lowest BCUT2D eigenvalue weighted by atomic mass is 9.87. The molecule has 2 aliphatic rings. The van der Waals surface area contributed by atoms with Gasteiger partial charge in [0.25, 0.3) is 0 Å². The van der Waals surface area contributed by atoms with Crippen molar-refractivity contribution in [2.75, 3.05) is 51.0 Å². The first-order valence-corrected chi connectivity index (χ1v) is 15.6. The highest BCUT2D eigenvalue weighted by atomic mass is 35.5. The number of nitrogens with one attached hydrogen (secondary N) is 3. The molecule has 5 rings (SSSR count). The Morgan fingerprint density at radius 1 is 1.00 bits per heavy atom. The second-order valence-corrected chi connectivity index (χ2v) is 11.9. The Morgan fingerprint density at radius 2 is 1.76 bits per heavy atom. The fourth-order valence-electron chi connectivity index (χ4n) is 5.73. The summed E-state index contributed by atoms with van der Waals surface area (Å²) in [6.45, 7) is 4.83. The van der Waals surface area contributed by atoms with Crippen LogP contribution in [0.15, 0.2) is 48.7 Å². The van der Waals surface area contributed by atoms with Crippen LogP contribution >= 0.6 is 11.6 Å². The monoisotopic (exact) mass is 599 g/mol. The first kappa shape index (κ1) is 29.5. The average molecular weight is 600 g/mol. The number of anilines is 4. The zero-order valence-electron chi connectivity index (χ0n) is 23.5. The van der Waals surface area contributed by atoms with E-state index in [4.69, 9.17) is 16.3 Å². The number of hydrogen-bond acceptors (Lipinski definition) is 9. The van der Waals surface area contributed by atoms with Gasteiger partial charge in [0.15, 0.2) is 5.82 Å². The Hall–Kier alpha value is -2.96. The zero-order chi connectivity index (χ0) is 28.8. The number of methoxy groups -OCH3 is 1. The smallest absolute Gasteiger partial charge is 0.229 e. The maximum absolute atomic E-state index is 11.0. The highest BCUT2D eigenvalue weighted by molar-refractivity contribution is 7.70. The fourth-order valence-corrected chi connectivity index (χ4v) is 6.17. The van der Waals surface area contributed by atoms with Crippen LogP contribution in [0.4, 0.5) is 23.1 Å². The Morgan fingerprint density at radius 3 is 2.49 bits per heavy atom. The number of ether oxygens (including phenoxy) is 1. The molecule has 2 aliphatic heterocycles. The molecule has 3 heterocycles. The lowest BCUT2D eigenvalue weighted by molar-refractivity contribution is 0.0966. The molecule has 12 heteroatoms.